The summed E-state index contributed by atoms with van der Waals surface area (Å²) in [5.74, 6) is 0.915. The Kier molecular flexibility index (Phi) is 3.82. The highest BCUT2D eigenvalue weighted by Crippen LogP contribution is 2.14. The van der Waals surface area contributed by atoms with E-state index >= 15 is 0 Å². The maximum atomic E-state index is 5.68. The monoisotopic (exact) mass is 241 g/mol. The Hall–Kier alpha value is -2.03. The van der Waals surface area contributed by atoms with Gasteiger partial charge in [-0.1, -0.05) is 24.3 Å². The van der Waals surface area contributed by atoms with E-state index in [1.807, 2.05) is 13.0 Å². The van der Waals surface area contributed by atoms with Crippen LogP contribution in [0.1, 0.15) is 16.7 Å². The molecule has 0 spiro atoms. The summed E-state index contributed by atoms with van der Waals surface area (Å²) in [5, 5.41) is 3.35. The molecular weight excluding hydrogens is 222 g/mol. The summed E-state index contributed by atoms with van der Waals surface area (Å²) in [7, 11) is 0. The van der Waals surface area contributed by atoms with Crippen LogP contribution in [0.3, 0.4) is 0 Å². The highest BCUT2D eigenvalue weighted by molar-refractivity contribution is 5.50. The largest absolute Gasteiger partial charge is 0.397 e. The van der Waals surface area contributed by atoms with E-state index < -0.39 is 0 Å². The van der Waals surface area contributed by atoms with Crippen LogP contribution in [0.25, 0.3) is 0 Å². The van der Waals surface area contributed by atoms with Gasteiger partial charge < -0.3 is 11.1 Å². The van der Waals surface area contributed by atoms with Crippen molar-refractivity contribution in [1.82, 2.24) is 4.98 Å². The summed E-state index contributed by atoms with van der Waals surface area (Å²) in [4.78, 5) is 4.30. The predicted octanol–water partition coefficient (Wildman–Crippen LogP) is 2.94. The highest BCUT2D eigenvalue weighted by atomic mass is 15.0. The number of rotatable bonds is 4. The zero-order valence-corrected chi connectivity index (χ0v) is 10.9. The SMILES string of the molecule is Cc1ccccc1CCNc1ncc(N)cc1C. The summed E-state index contributed by atoms with van der Waals surface area (Å²) in [6.45, 7) is 5.03. The molecule has 0 atom stereocenters. The molecule has 3 N–H and O–H groups in total. The molecule has 0 aliphatic rings. The molecule has 0 saturated carbocycles. The molecule has 0 bridgehead atoms. The maximum Gasteiger partial charge on any atom is 0.129 e. The van der Waals surface area contributed by atoms with Crippen molar-refractivity contribution < 1.29 is 0 Å². The molecule has 0 radical (unpaired) electrons. The van der Waals surface area contributed by atoms with Crippen LogP contribution in [0.15, 0.2) is 36.5 Å². The molecular formula is C15H19N3. The van der Waals surface area contributed by atoms with Gasteiger partial charge in [0.1, 0.15) is 5.82 Å². The van der Waals surface area contributed by atoms with Gasteiger partial charge in [0.2, 0.25) is 0 Å². The van der Waals surface area contributed by atoms with Gasteiger partial charge in [0.15, 0.2) is 0 Å². The Balaban J connectivity index is 1.95. The standard InChI is InChI=1S/C15H19N3/c1-11-5-3-4-6-13(11)7-8-17-15-12(2)9-14(16)10-18-15/h3-6,9-10H,7-8,16H2,1-2H3,(H,17,18). The van der Waals surface area contributed by atoms with E-state index in [9.17, 15) is 0 Å². The number of hydrogen-bond donors (Lipinski definition) is 2. The Morgan fingerprint density at radius 2 is 1.94 bits per heavy atom. The molecule has 3 heteroatoms. The smallest absolute Gasteiger partial charge is 0.129 e. The summed E-state index contributed by atoms with van der Waals surface area (Å²) in [6.07, 6.45) is 2.68. The first-order valence-electron chi connectivity index (χ1n) is 6.17. The van der Waals surface area contributed by atoms with E-state index in [0.717, 1.165) is 24.3 Å². The molecule has 0 aliphatic heterocycles. The fraction of sp³-hybridized carbons (Fsp3) is 0.267. The van der Waals surface area contributed by atoms with E-state index in [4.69, 9.17) is 5.73 Å². The molecule has 0 aliphatic carbocycles. The summed E-state index contributed by atoms with van der Waals surface area (Å²) >= 11 is 0. The lowest BCUT2D eigenvalue weighted by atomic mass is 10.1. The lowest BCUT2D eigenvalue weighted by molar-refractivity contribution is 0.990. The van der Waals surface area contributed by atoms with E-state index in [1.54, 1.807) is 6.20 Å². The van der Waals surface area contributed by atoms with Crippen molar-refractivity contribution in [3.8, 4) is 0 Å². The van der Waals surface area contributed by atoms with Crippen LogP contribution in [0.2, 0.25) is 0 Å². The number of nitrogens with one attached hydrogen (secondary N) is 1. The molecule has 94 valence electrons. The number of pyridine rings is 1. The van der Waals surface area contributed by atoms with Crippen LogP contribution >= 0.6 is 0 Å². The Morgan fingerprint density at radius 3 is 2.67 bits per heavy atom. The molecule has 2 rings (SSSR count). The van der Waals surface area contributed by atoms with Gasteiger partial charge in [-0.3, -0.25) is 0 Å². The second-order valence-corrected chi connectivity index (χ2v) is 4.54. The van der Waals surface area contributed by atoms with Crippen molar-refractivity contribution in [2.24, 2.45) is 0 Å². The number of nitrogen functional groups attached to an aromatic ring is 1. The maximum absolute atomic E-state index is 5.68. The van der Waals surface area contributed by atoms with E-state index in [-0.39, 0.29) is 0 Å². The van der Waals surface area contributed by atoms with Gasteiger partial charge in [0.25, 0.3) is 0 Å². The summed E-state index contributed by atoms with van der Waals surface area (Å²) < 4.78 is 0. The van der Waals surface area contributed by atoms with Crippen molar-refractivity contribution in [2.75, 3.05) is 17.6 Å². The number of hydrogen-bond acceptors (Lipinski definition) is 3. The minimum absolute atomic E-state index is 0.706. The predicted molar refractivity (Wildman–Crippen MR) is 76.8 cm³/mol. The molecule has 0 fully saturated rings. The van der Waals surface area contributed by atoms with Crippen LogP contribution in [0.4, 0.5) is 11.5 Å². The summed E-state index contributed by atoms with van der Waals surface area (Å²) in [5.41, 5.74) is 10.2. The van der Waals surface area contributed by atoms with Crippen molar-refractivity contribution in [1.29, 1.82) is 0 Å². The van der Waals surface area contributed by atoms with Gasteiger partial charge in [0, 0.05) is 6.54 Å². The number of aromatic nitrogens is 1. The molecule has 0 unspecified atom stereocenters. The van der Waals surface area contributed by atoms with Crippen LogP contribution in [-0.4, -0.2) is 11.5 Å². The summed E-state index contributed by atoms with van der Waals surface area (Å²) in [6, 6.07) is 10.4. The van der Waals surface area contributed by atoms with Crippen molar-refractivity contribution >= 4 is 11.5 Å². The number of nitrogens with zero attached hydrogens (tertiary/aromatic N) is 1. The lowest BCUT2D eigenvalue weighted by Gasteiger charge is -2.10. The van der Waals surface area contributed by atoms with Crippen LogP contribution in [0.5, 0.6) is 0 Å². The Morgan fingerprint density at radius 1 is 1.17 bits per heavy atom. The van der Waals surface area contributed by atoms with Crippen molar-refractivity contribution in [3.63, 3.8) is 0 Å². The number of benzene rings is 1. The van der Waals surface area contributed by atoms with Gasteiger partial charge in [-0.25, -0.2) is 4.98 Å². The van der Waals surface area contributed by atoms with Crippen molar-refractivity contribution in [2.45, 2.75) is 20.3 Å². The fourth-order valence-corrected chi connectivity index (χ4v) is 1.99. The molecule has 18 heavy (non-hydrogen) atoms. The van der Waals surface area contributed by atoms with Gasteiger partial charge >= 0.3 is 0 Å². The lowest BCUT2D eigenvalue weighted by Crippen LogP contribution is -2.08. The first kappa shape index (κ1) is 12.4. The van der Waals surface area contributed by atoms with E-state index in [1.165, 1.54) is 11.1 Å². The van der Waals surface area contributed by atoms with Gasteiger partial charge in [0.05, 0.1) is 11.9 Å². The molecule has 1 aromatic carbocycles. The average Bonchev–Trinajstić information content (AvgIpc) is 2.34. The van der Waals surface area contributed by atoms with Crippen molar-refractivity contribution in [3.05, 3.63) is 53.2 Å². The third-order valence-electron chi connectivity index (χ3n) is 3.05. The molecule has 0 saturated heterocycles. The number of anilines is 2. The Bertz CT molecular complexity index is 535. The minimum atomic E-state index is 0.706. The normalized spacial score (nSPS) is 10.3. The zero-order valence-electron chi connectivity index (χ0n) is 10.9. The first-order valence-corrected chi connectivity index (χ1v) is 6.17. The third-order valence-corrected chi connectivity index (χ3v) is 3.05. The quantitative estimate of drug-likeness (QED) is 0.865. The third kappa shape index (κ3) is 3.00. The zero-order chi connectivity index (χ0) is 13.0. The molecule has 2 aromatic rings. The fourth-order valence-electron chi connectivity index (χ4n) is 1.99. The van der Waals surface area contributed by atoms with Crippen LogP contribution in [0, 0.1) is 13.8 Å². The Labute approximate surface area is 108 Å². The van der Waals surface area contributed by atoms with E-state index in [2.05, 4.69) is 41.5 Å². The molecule has 0 amide bonds. The first-order chi connectivity index (χ1) is 8.66. The minimum Gasteiger partial charge on any atom is -0.397 e. The van der Waals surface area contributed by atoms with Gasteiger partial charge in [-0.05, 0) is 43.0 Å². The highest BCUT2D eigenvalue weighted by Gasteiger charge is 2.01. The second kappa shape index (κ2) is 5.54. The topological polar surface area (TPSA) is 50.9 Å². The molecule has 1 heterocycles. The second-order valence-electron chi connectivity index (χ2n) is 4.54. The molecule has 3 nitrogen and oxygen atoms in total. The van der Waals surface area contributed by atoms with E-state index in [0.29, 0.717) is 5.69 Å². The van der Waals surface area contributed by atoms with Gasteiger partial charge in [-0.2, -0.15) is 0 Å². The number of aryl methyl sites for hydroxylation is 2. The van der Waals surface area contributed by atoms with Crippen LogP contribution < -0.4 is 11.1 Å². The van der Waals surface area contributed by atoms with Crippen LogP contribution in [-0.2, 0) is 6.42 Å². The van der Waals surface area contributed by atoms with Gasteiger partial charge in [-0.15, -0.1) is 0 Å². The average molecular weight is 241 g/mol. The molecule has 1 aromatic heterocycles. The number of nitrogens with two attached hydrogens (primary N) is 1.